The first-order chi connectivity index (χ1) is 12.9. The molecule has 0 heterocycles. The Hall–Kier alpha value is -2.75. The number of carbonyl (C=O) groups excluding carboxylic acids is 3. The van der Waals surface area contributed by atoms with Gasteiger partial charge in [0.15, 0.2) is 11.6 Å². The second kappa shape index (κ2) is 9.98. The molecular formula is C18H25F2N3O5. The van der Waals surface area contributed by atoms with Gasteiger partial charge in [0, 0.05) is 32.7 Å². The van der Waals surface area contributed by atoms with Crippen LogP contribution in [0.25, 0.3) is 0 Å². The van der Waals surface area contributed by atoms with E-state index in [9.17, 15) is 23.2 Å². The van der Waals surface area contributed by atoms with Crippen LogP contribution in [0.3, 0.4) is 0 Å². The fourth-order valence-corrected chi connectivity index (χ4v) is 2.10. The van der Waals surface area contributed by atoms with Crippen LogP contribution >= 0.6 is 0 Å². The third kappa shape index (κ3) is 8.30. The molecule has 3 amide bonds. The Labute approximate surface area is 162 Å². The van der Waals surface area contributed by atoms with E-state index >= 15 is 0 Å². The highest BCUT2D eigenvalue weighted by molar-refractivity contribution is 5.99. The first kappa shape index (κ1) is 23.3. The lowest BCUT2D eigenvalue weighted by molar-refractivity contribution is -0.118. The van der Waals surface area contributed by atoms with E-state index in [1.54, 1.807) is 20.8 Å². The molecule has 0 saturated carbocycles. The Morgan fingerprint density at radius 3 is 2.07 bits per heavy atom. The third-order valence-corrected chi connectivity index (χ3v) is 3.26. The van der Waals surface area contributed by atoms with E-state index in [-0.39, 0.29) is 24.3 Å². The molecule has 1 aromatic rings. The maximum absolute atomic E-state index is 13.5. The van der Waals surface area contributed by atoms with Gasteiger partial charge in [-0.15, -0.1) is 0 Å². The number of amides is 3. The number of hydrogen-bond donors (Lipinski definition) is 3. The molecule has 0 aliphatic heterocycles. The lowest BCUT2D eigenvalue weighted by Crippen LogP contribution is -2.38. The number of nitrogens with one attached hydrogen (secondary N) is 3. The minimum Gasteiger partial charge on any atom is -0.444 e. The Morgan fingerprint density at radius 1 is 1.07 bits per heavy atom. The van der Waals surface area contributed by atoms with E-state index in [1.807, 2.05) is 0 Å². The summed E-state index contributed by atoms with van der Waals surface area (Å²) in [5.74, 6) is -3.45. The number of anilines is 2. The summed E-state index contributed by atoms with van der Waals surface area (Å²) in [6, 6.07) is 1.53. The van der Waals surface area contributed by atoms with Crippen LogP contribution in [-0.2, 0) is 19.1 Å². The Kier molecular flexibility index (Phi) is 8.30. The van der Waals surface area contributed by atoms with Crippen LogP contribution in [-0.4, -0.2) is 43.3 Å². The van der Waals surface area contributed by atoms with E-state index in [0.717, 1.165) is 12.1 Å². The normalized spacial score (nSPS) is 12.1. The lowest BCUT2D eigenvalue weighted by Gasteiger charge is -2.21. The summed E-state index contributed by atoms with van der Waals surface area (Å²) in [5.41, 5.74) is -0.855. The molecule has 0 bridgehead atoms. The smallest absolute Gasteiger partial charge is 0.407 e. The fraction of sp³-hybridized carbons (Fsp3) is 0.500. The van der Waals surface area contributed by atoms with E-state index in [0.29, 0.717) is 0 Å². The quantitative estimate of drug-likeness (QED) is 0.652. The zero-order valence-corrected chi connectivity index (χ0v) is 16.4. The Balaban J connectivity index is 2.72. The average Bonchev–Trinajstić information content (AvgIpc) is 2.54. The Bertz CT molecular complexity index is 735. The van der Waals surface area contributed by atoms with E-state index in [2.05, 4.69) is 16.0 Å². The fourth-order valence-electron chi connectivity index (χ4n) is 2.10. The van der Waals surface area contributed by atoms with Crippen molar-refractivity contribution in [2.24, 2.45) is 0 Å². The zero-order valence-electron chi connectivity index (χ0n) is 16.4. The van der Waals surface area contributed by atoms with Crippen LogP contribution in [0, 0.1) is 11.6 Å². The van der Waals surface area contributed by atoms with Gasteiger partial charge in [0.25, 0.3) is 0 Å². The number of ether oxygens (including phenoxy) is 2. The number of rotatable bonds is 7. The van der Waals surface area contributed by atoms with Gasteiger partial charge in [0.2, 0.25) is 11.8 Å². The van der Waals surface area contributed by atoms with Crippen molar-refractivity contribution in [3.05, 3.63) is 23.8 Å². The molecule has 156 valence electrons. The molecule has 1 aromatic carbocycles. The van der Waals surface area contributed by atoms with Crippen molar-refractivity contribution in [2.75, 3.05) is 24.3 Å². The monoisotopic (exact) mass is 401 g/mol. The molecule has 28 heavy (non-hydrogen) atoms. The van der Waals surface area contributed by atoms with Crippen molar-refractivity contribution in [1.29, 1.82) is 0 Å². The number of alkyl carbamates (subject to hydrolysis) is 1. The molecule has 3 N–H and O–H groups in total. The molecule has 0 radical (unpaired) electrons. The molecule has 1 unspecified atom stereocenters. The molecule has 0 fully saturated rings. The summed E-state index contributed by atoms with van der Waals surface area (Å²) in [4.78, 5) is 35.1. The molecule has 8 nitrogen and oxygen atoms in total. The van der Waals surface area contributed by atoms with Crippen LogP contribution in [0.2, 0.25) is 0 Å². The Morgan fingerprint density at radius 2 is 1.61 bits per heavy atom. The maximum Gasteiger partial charge on any atom is 0.407 e. The molecule has 0 saturated heterocycles. The van der Waals surface area contributed by atoms with Crippen LogP contribution < -0.4 is 16.0 Å². The minimum atomic E-state index is -1.18. The van der Waals surface area contributed by atoms with E-state index in [4.69, 9.17) is 9.47 Å². The highest BCUT2D eigenvalue weighted by Crippen LogP contribution is 2.25. The first-order valence-electron chi connectivity index (χ1n) is 8.47. The highest BCUT2D eigenvalue weighted by atomic mass is 19.2. The molecule has 0 spiro atoms. The molecule has 1 atom stereocenters. The van der Waals surface area contributed by atoms with Crippen LogP contribution in [0.15, 0.2) is 12.1 Å². The number of methoxy groups -OCH3 is 1. The summed E-state index contributed by atoms with van der Waals surface area (Å²) < 4.78 is 37.1. The molecule has 0 aliphatic rings. The summed E-state index contributed by atoms with van der Waals surface area (Å²) >= 11 is 0. The maximum atomic E-state index is 13.5. The third-order valence-electron chi connectivity index (χ3n) is 3.26. The zero-order chi connectivity index (χ0) is 21.5. The molecule has 0 aromatic heterocycles. The molecule has 0 aliphatic carbocycles. The summed E-state index contributed by atoms with van der Waals surface area (Å²) in [6.45, 7) is 6.32. The van der Waals surface area contributed by atoms with Crippen molar-refractivity contribution in [2.45, 2.75) is 45.8 Å². The van der Waals surface area contributed by atoms with Gasteiger partial charge < -0.3 is 25.4 Å². The second-order valence-corrected chi connectivity index (χ2v) is 6.99. The SMILES string of the molecule is COC(CNC(=O)OC(C)(C)C)CC(=O)Nc1cc(F)c(F)cc1NC(C)=O. The highest BCUT2D eigenvalue weighted by Gasteiger charge is 2.20. The van der Waals surface area contributed by atoms with Gasteiger partial charge in [0.05, 0.1) is 23.9 Å². The molecule has 10 heteroatoms. The van der Waals surface area contributed by atoms with Gasteiger partial charge in [-0.2, -0.15) is 0 Å². The number of hydrogen-bond acceptors (Lipinski definition) is 5. The van der Waals surface area contributed by atoms with E-state index < -0.39 is 41.2 Å². The van der Waals surface area contributed by atoms with Crippen LogP contribution in [0.5, 0.6) is 0 Å². The van der Waals surface area contributed by atoms with Gasteiger partial charge in [-0.25, -0.2) is 13.6 Å². The average molecular weight is 401 g/mol. The van der Waals surface area contributed by atoms with Crippen molar-refractivity contribution in [3.63, 3.8) is 0 Å². The van der Waals surface area contributed by atoms with Crippen LogP contribution in [0.4, 0.5) is 25.0 Å². The summed E-state index contributed by atoms with van der Waals surface area (Å²) in [6.07, 6.45) is -1.55. The van der Waals surface area contributed by atoms with Gasteiger partial charge in [-0.1, -0.05) is 0 Å². The summed E-state index contributed by atoms with van der Waals surface area (Å²) in [7, 11) is 1.36. The van der Waals surface area contributed by atoms with Gasteiger partial charge in [-0.05, 0) is 20.8 Å². The largest absolute Gasteiger partial charge is 0.444 e. The van der Waals surface area contributed by atoms with Gasteiger partial charge in [0.1, 0.15) is 5.60 Å². The van der Waals surface area contributed by atoms with Crippen molar-refractivity contribution in [1.82, 2.24) is 5.32 Å². The number of carbonyl (C=O) groups is 3. The van der Waals surface area contributed by atoms with E-state index in [1.165, 1.54) is 14.0 Å². The number of benzene rings is 1. The molecule has 1 rings (SSSR count). The van der Waals surface area contributed by atoms with Crippen molar-refractivity contribution >= 4 is 29.3 Å². The van der Waals surface area contributed by atoms with Crippen molar-refractivity contribution in [3.8, 4) is 0 Å². The minimum absolute atomic E-state index is 0.00480. The predicted octanol–water partition coefficient (Wildman–Crippen LogP) is 2.79. The lowest BCUT2D eigenvalue weighted by atomic mass is 10.2. The number of halogens is 2. The van der Waals surface area contributed by atoms with Crippen molar-refractivity contribution < 1.29 is 32.6 Å². The molecular weight excluding hydrogens is 376 g/mol. The predicted molar refractivity (Wildman–Crippen MR) is 98.9 cm³/mol. The van der Waals surface area contributed by atoms with Gasteiger partial charge in [-0.3, -0.25) is 9.59 Å². The standard InChI is InChI=1S/C18H25F2N3O5/c1-10(24)22-14-7-12(19)13(20)8-15(14)23-16(25)6-11(27-5)9-21-17(26)28-18(2,3)4/h7-8,11H,6,9H2,1-5H3,(H,21,26)(H,22,24)(H,23,25). The van der Waals surface area contributed by atoms with Gasteiger partial charge >= 0.3 is 6.09 Å². The topological polar surface area (TPSA) is 106 Å². The summed E-state index contributed by atoms with van der Waals surface area (Å²) in [5, 5.41) is 7.18. The second-order valence-electron chi connectivity index (χ2n) is 6.99. The first-order valence-corrected chi connectivity index (χ1v) is 8.47. The van der Waals surface area contributed by atoms with Crippen LogP contribution in [0.1, 0.15) is 34.1 Å².